The van der Waals surface area contributed by atoms with Gasteiger partial charge in [-0.05, 0) is 48.9 Å². The van der Waals surface area contributed by atoms with Crippen molar-refractivity contribution < 1.29 is 19.4 Å². The van der Waals surface area contributed by atoms with Crippen molar-refractivity contribution in [2.24, 2.45) is 29.1 Å². The number of hydrogen-bond acceptors (Lipinski definition) is 6. The van der Waals surface area contributed by atoms with E-state index in [0.29, 0.717) is 31.9 Å². The minimum absolute atomic E-state index is 0.0220. The lowest BCUT2D eigenvalue weighted by Crippen LogP contribution is -2.59. The number of morpholine rings is 1. The minimum Gasteiger partial charge on any atom is -0.392 e. The van der Waals surface area contributed by atoms with Gasteiger partial charge < -0.3 is 20.1 Å². The van der Waals surface area contributed by atoms with Crippen LogP contribution in [0.3, 0.4) is 0 Å². The van der Waals surface area contributed by atoms with Gasteiger partial charge in [0.15, 0.2) is 0 Å². The standard InChI is InChI=1S/C24H36N4O4/c1-15(23(31)28-8-10-32-11-9-28)18-4-6-24(3)7-5-19(16(2)20(24)21(18)29)27-22(30)17-12-25-14-26-13-17/h12-16,18-21,29H,4-11H2,1-3H3,(H,27,30)/t15-,16+,18-,19-,20+,21-,24-/m0/s1. The Hall–Kier alpha value is -2.06. The summed E-state index contributed by atoms with van der Waals surface area (Å²) in [6, 6.07) is -0.0283. The zero-order chi connectivity index (χ0) is 22.9. The molecule has 0 radical (unpaired) electrons. The van der Waals surface area contributed by atoms with Gasteiger partial charge in [-0.25, -0.2) is 9.97 Å². The SMILES string of the molecule is C[C@H]1[C@@H]2[C@@H](O)[C@H]([C@H](C)C(=O)N3CCOCC3)CC[C@@]2(C)CC[C@@H]1NC(=O)c1cncnc1. The van der Waals surface area contributed by atoms with E-state index in [2.05, 4.69) is 29.1 Å². The number of nitrogens with one attached hydrogen (secondary N) is 1. The van der Waals surface area contributed by atoms with Crippen molar-refractivity contribution in [3.05, 3.63) is 24.3 Å². The molecule has 2 heterocycles. The van der Waals surface area contributed by atoms with E-state index in [4.69, 9.17) is 4.74 Å². The number of rotatable bonds is 4. The predicted octanol–water partition coefficient (Wildman–Crippen LogP) is 1.89. The molecule has 2 saturated carbocycles. The molecular weight excluding hydrogens is 408 g/mol. The highest BCUT2D eigenvalue weighted by Gasteiger charge is 2.54. The summed E-state index contributed by atoms with van der Waals surface area (Å²) in [7, 11) is 0. The number of nitrogens with zero attached hydrogens (tertiary/aromatic N) is 3. The van der Waals surface area contributed by atoms with Gasteiger partial charge in [-0.3, -0.25) is 9.59 Å². The van der Waals surface area contributed by atoms with Crippen molar-refractivity contribution in [2.75, 3.05) is 26.3 Å². The normalized spacial score (nSPS) is 36.1. The molecule has 2 N–H and O–H groups in total. The summed E-state index contributed by atoms with van der Waals surface area (Å²) in [5.74, 6) is -0.209. The highest BCUT2D eigenvalue weighted by Crippen LogP contribution is 2.55. The summed E-state index contributed by atoms with van der Waals surface area (Å²) in [6.45, 7) is 8.78. The molecule has 4 rings (SSSR count). The average molecular weight is 445 g/mol. The Labute approximate surface area is 190 Å². The van der Waals surface area contributed by atoms with Crippen LogP contribution in [0.5, 0.6) is 0 Å². The van der Waals surface area contributed by atoms with Crippen LogP contribution in [0.25, 0.3) is 0 Å². The highest BCUT2D eigenvalue weighted by atomic mass is 16.5. The number of aliphatic hydroxyl groups is 1. The van der Waals surface area contributed by atoms with Gasteiger partial charge in [-0.1, -0.05) is 20.8 Å². The van der Waals surface area contributed by atoms with Crippen LogP contribution in [0.1, 0.15) is 56.8 Å². The number of aromatic nitrogens is 2. The second-order valence-corrected chi connectivity index (χ2v) is 10.2. The molecule has 0 spiro atoms. The monoisotopic (exact) mass is 444 g/mol. The maximum Gasteiger partial charge on any atom is 0.254 e. The van der Waals surface area contributed by atoms with Gasteiger partial charge in [0.1, 0.15) is 6.33 Å². The Morgan fingerprint density at radius 1 is 1.22 bits per heavy atom. The molecule has 0 bridgehead atoms. The lowest BCUT2D eigenvalue weighted by atomic mass is 9.51. The summed E-state index contributed by atoms with van der Waals surface area (Å²) in [5.41, 5.74) is 0.466. The van der Waals surface area contributed by atoms with Crippen LogP contribution in [0.4, 0.5) is 0 Å². The summed E-state index contributed by atoms with van der Waals surface area (Å²) >= 11 is 0. The molecule has 7 atom stereocenters. The van der Waals surface area contributed by atoms with Gasteiger partial charge >= 0.3 is 0 Å². The molecule has 3 aliphatic rings. The topological polar surface area (TPSA) is 105 Å². The van der Waals surface area contributed by atoms with Crippen LogP contribution in [0, 0.1) is 29.1 Å². The zero-order valence-corrected chi connectivity index (χ0v) is 19.4. The van der Waals surface area contributed by atoms with E-state index in [1.165, 1.54) is 18.7 Å². The molecular formula is C24H36N4O4. The molecule has 0 unspecified atom stereocenters. The summed E-state index contributed by atoms with van der Waals surface area (Å²) < 4.78 is 5.38. The summed E-state index contributed by atoms with van der Waals surface area (Å²) in [4.78, 5) is 35.6. The Balaban J connectivity index is 1.47. The molecule has 1 aromatic rings. The number of ether oxygens (including phenoxy) is 1. The Kier molecular flexibility index (Phi) is 6.81. The largest absolute Gasteiger partial charge is 0.392 e. The lowest BCUT2D eigenvalue weighted by Gasteiger charge is -2.56. The Bertz CT molecular complexity index is 815. The molecule has 32 heavy (non-hydrogen) atoms. The van der Waals surface area contributed by atoms with Crippen LogP contribution in [0.15, 0.2) is 18.7 Å². The maximum absolute atomic E-state index is 13.1. The van der Waals surface area contributed by atoms with Gasteiger partial charge in [0, 0.05) is 37.4 Å². The second-order valence-electron chi connectivity index (χ2n) is 10.2. The van der Waals surface area contributed by atoms with Crippen molar-refractivity contribution in [1.82, 2.24) is 20.2 Å². The first-order valence-electron chi connectivity index (χ1n) is 11.9. The minimum atomic E-state index is -0.566. The fourth-order valence-electron chi connectivity index (χ4n) is 6.42. The van der Waals surface area contributed by atoms with Crippen molar-refractivity contribution in [3.8, 4) is 0 Å². The third-order valence-corrected chi connectivity index (χ3v) is 8.38. The first kappa shape index (κ1) is 23.1. The number of aliphatic hydroxyl groups excluding tert-OH is 1. The highest BCUT2D eigenvalue weighted by molar-refractivity contribution is 5.93. The molecule has 2 amide bonds. The molecule has 0 aromatic carbocycles. The van der Waals surface area contributed by atoms with Crippen molar-refractivity contribution in [2.45, 2.75) is 58.6 Å². The molecule has 8 nitrogen and oxygen atoms in total. The Morgan fingerprint density at radius 3 is 2.56 bits per heavy atom. The summed E-state index contributed by atoms with van der Waals surface area (Å²) in [5, 5.41) is 14.7. The van der Waals surface area contributed by atoms with E-state index in [1.54, 1.807) is 0 Å². The van der Waals surface area contributed by atoms with Crippen LogP contribution >= 0.6 is 0 Å². The van der Waals surface area contributed by atoms with E-state index < -0.39 is 6.10 Å². The van der Waals surface area contributed by atoms with E-state index in [0.717, 1.165) is 25.7 Å². The third kappa shape index (κ3) is 4.39. The molecule has 8 heteroatoms. The molecule has 2 aliphatic carbocycles. The molecule has 176 valence electrons. The van der Waals surface area contributed by atoms with Crippen LogP contribution in [-0.2, 0) is 9.53 Å². The predicted molar refractivity (Wildman–Crippen MR) is 119 cm³/mol. The van der Waals surface area contributed by atoms with E-state index in [9.17, 15) is 14.7 Å². The van der Waals surface area contributed by atoms with Gasteiger partial charge in [0.25, 0.3) is 5.91 Å². The fraction of sp³-hybridized carbons (Fsp3) is 0.750. The summed E-state index contributed by atoms with van der Waals surface area (Å²) in [6.07, 6.45) is 7.57. The van der Waals surface area contributed by atoms with E-state index >= 15 is 0 Å². The number of hydrogen-bond donors (Lipinski definition) is 2. The number of amides is 2. The molecule has 1 aliphatic heterocycles. The first-order chi connectivity index (χ1) is 15.3. The second kappa shape index (κ2) is 9.43. The average Bonchev–Trinajstić information content (AvgIpc) is 2.81. The Morgan fingerprint density at radius 2 is 1.88 bits per heavy atom. The van der Waals surface area contributed by atoms with Gasteiger partial charge in [0.05, 0.1) is 24.9 Å². The van der Waals surface area contributed by atoms with Crippen molar-refractivity contribution >= 4 is 11.8 Å². The lowest BCUT2D eigenvalue weighted by molar-refractivity contribution is -0.153. The van der Waals surface area contributed by atoms with Gasteiger partial charge in [-0.2, -0.15) is 0 Å². The first-order valence-corrected chi connectivity index (χ1v) is 11.9. The maximum atomic E-state index is 13.1. The molecule has 1 saturated heterocycles. The van der Waals surface area contributed by atoms with Crippen LogP contribution in [0.2, 0.25) is 0 Å². The van der Waals surface area contributed by atoms with E-state index in [-0.39, 0.29) is 46.9 Å². The zero-order valence-electron chi connectivity index (χ0n) is 19.4. The quantitative estimate of drug-likeness (QED) is 0.735. The van der Waals surface area contributed by atoms with Crippen LogP contribution < -0.4 is 5.32 Å². The number of carbonyl (C=O) groups is 2. The molecule has 3 fully saturated rings. The van der Waals surface area contributed by atoms with Crippen LogP contribution in [-0.4, -0.2) is 70.2 Å². The fourth-order valence-corrected chi connectivity index (χ4v) is 6.42. The van der Waals surface area contributed by atoms with Gasteiger partial charge in [-0.15, -0.1) is 0 Å². The number of carbonyl (C=O) groups excluding carboxylic acids is 2. The third-order valence-electron chi connectivity index (χ3n) is 8.38. The van der Waals surface area contributed by atoms with Crippen molar-refractivity contribution in [1.29, 1.82) is 0 Å². The van der Waals surface area contributed by atoms with Gasteiger partial charge in [0.2, 0.25) is 5.91 Å². The smallest absolute Gasteiger partial charge is 0.254 e. The number of fused-ring (bicyclic) bond motifs is 1. The molecule has 1 aromatic heterocycles. The van der Waals surface area contributed by atoms with Crippen molar-refractivity contribution in [3.63, 3.8) is 0 Å². The van der Waals surface area contributed by atoms with E-state index in [1.807, 2.05) is 11.8 Å².